The van der Waals surface area contributed by atoms with Crippen LogP contribution < -0.4 is 16.2 Å². The zero-order valence-corrected chi connectivity index (χ0v) is 11.0. The van der Waals surface area contributed by atoms with Gasteiger partial charge < -0.3 is 10.5 Å². The highest BCUT2D eigenvalue weighted by atomic mass is 35.5. The Balaban J connectivity index is 1.92. The van der Waals surface area contributed by atoms with Gasteiger partial charge in [-0.1, -0.05) is 17.7 Å². The van der Waals surface area contributed by atoms with Crippen LogP contribution >= 0.6 is 11.6 Å². The number of H-pyrrole nitrogens is 1. The molecule has 0 fully saturated rings. The summed E-state index contributed by atoms with van der Waals surface area (Å²) in [6.07, 6.45) is 1.34. The first-order valence-electron chi connectivity index (χ1n) is 5.76. The molecule has 0 atom stereocenters. The van der Waals surface area contributed by atoms with Crippen LogP contribution in [-0.4, -0.2) is 19.6 Å². The van der Waals surface area contributed by atoms with Crippen LogP contribution in [0, 0.1) is 0 Å². The van der Waals surface area contributed by atoms with Crippen molar-refractivity contribution in [1.82, 2.24) is 19.6 Å². The normalized spacial score (nSPS) is 10.9. The third kappa shape index (κ3) is 2.24. The van der Waals surface area contributed by atoms with Gasteiger partial charge in [0.05, 0.1) is 0 Å². The number of benzene rings is 1. The van der Waals surface area contributed by atoms with Gasteiger partial charge in [0.15, 0.2) is 5.65 Å². The second-order valence-corrected chi connectivity index (χ2v) is 4.45. The molecule has 0 unspecified atom stereocenters. The molecule has 102 valence electrons. The molecule has 0 amide bonds. The lowest BCUT2D eigenvalue weighted by Gasteiger charge is -2.07. The minimum absolute atomic E-state index is 0.313. The molecule has 20 heavy (non-hydrogen) atoms. The maximum atomic E-state index is 11.3. The van der Waals surface area contributed by atoms with Gasteiger partial charge in [-0.3, -0.25) is 0 Å². The summed E-state index contributed by atoms with van der Waals surface area (Å²) in [6, 6.07) is 6.74. The van der Waals surface area contributed by atoms with Gasteiger partial charge >= 0.3 is 5.69 Å². The van der Waals surface area contributed by atoms with Crippen LogP contribution in [0.3, 0.4) is 0 Å². The fourth-order valence-electron chi connectivity index (χ4n) is 1.73. The quantitative estimate of drug-likeness (QED) is 0.758. The predicted molar refractivity (Wildman–Crippen MR) is 73.0 cm³/mol. The van der Waals surface area contributed by atoms with E-state index in [-0.39, 0.29) is 5.69 Å². The van der Waals surface area contributed by atoms with E-state index in [9.17, 15) is 4.79 Å². The third-order valence-corrected chi connectivity index (χ3v) is 3.10. The molecule has 0 saturated heterocycles. The first-order chi connectivity index (χ1) is 9.67. The van der Waals surface area contributed by atoms with Gasteiger partial charge in [0.1, 0.15) is 12.1 Å². The Hall–Kier alpha value is -2.38. The van der Waals surface area contributed by atoms with Gasteiger partial charge in [0, 0.05) is 17.6 Å². The largest absolute Gasteiger partial charge is 0.439 e. The average molecular weight is 292 g/mol. The molecule has 8 heteroatoms. The fraction of sp³-hybridized carbons (Fsp3) is 0.0833. The van der Waals surface area contributed by atoms with Crippen molar-refractivity contribution in [2.24, 2.45) is 5.73 Å². The van der Waals surface area contributed by atoms with E-state index in [1.165, 1.54) is 10.7 Å². The van der Waals surface area contributed by atoms with Crippen LogP contribution in [0.25, 0.3) is 5.65 Å². The number of aromatic amines is 1. The van der Waals surface area contributed by atoms with Crippen molar-refractivity contribution >= 4 is 17.2 Å². The third-order valence-electron chi connectivity index (χ3n) is 2.75. The number of nitrogens with one attached hydrogen (secondary N) is 1. The van der Waals surface area contributed by atoms with E-state index in [4.69, 9.17) is 22.1 Å². The molecule has 3 aromatic rings. The number of aromatic nitrogens is 4. The monoisotopic (exact) mass is 291 g/mol. The summed E-state index contributed by atoms with van der Waals surface area (Å²) in [7, 11) is 0. The molecule has 0 aliphatic carbocycles. The van der Waals surface area contributed by atoms with E-state index in [1.807, 2.05) is 0 Å². The van der Waals surface area contributed by atoms with Crippen molar-refractivity contribution in [2.45, 2.75) is 6.54 Å². The Labute approximate surface area is 118 Å². The zero-order chi connectivity index (χ0) is 14.1. The lowest BCUT2D eigenvalue weighted by Crippen LogP contribution is -2.09. The van der Waals surface area contributed by atoms with E-state index in [0.29, 0.717) is 28.8 Å². The van der Waals surface area contributed by atoms with E-state index < -0.39 is 0 Å². The van der Waals surface area contributed by atoms with Gasteiger partial charge in [-0.2, -0.15) is 5.10 Å². The maximum Gasteiger partial charge on any atom is 0.348 e. The highest BCUT2D eigenvalue weighted by molar-refractivity contribution is 6.31. The Bertz CT molecular complexity index is 826. The molecule has 0 spiro atoms. The lowest BCUT2D eigenvalue weighted by atomic mass is 10.2. The van der Waals surface area contributed by atoms with Crippen LogP contribution in [0.2, 0.25) is 5.02 Å². The minimum Gasteiger partial charge on any atom is -0.439 e. The average Bonchev–Trinajstić information content (AvgIpc) is 2.80. The number of halogens is 1. The van der Waals surface area contributed by atoms with Gasteiger partial charge in [0.2, 0.25) is 5.88 Å². The zero-order valence-electron chi connectivity index (χ0n) is 10.2. The van der Waals surface area contributed by atoms with Crippen molar-refractivity contribution in [2.75, 3.05) is 0 Å². The minimum atomic E-state index is -0.352. The number of nitrogens with two attached hydrogens (primary N) is 1. The summed E-state index contributed by atoms with van der Waals surface area (Å²) < 4.78 is 6.85. The van der Waals surface area contributed by atoms with E-state index in [1.54, 1.807) is 24.3 Å². The smallest absolute Gasteiger partial charge is 0.348 e. The molecular formula is C12H10ClN5O2. The van der Waals surface area contributed by atoms with Gasteiger partial charge in [-0.25, -0.2) is 19.3 Å². The molecule has 0 saturated carbocycles. The molecule has 0 radical (unpaired) electrons. The van der Waals surface area contributed by atoms with E-state index in [0.717, 1.165) is 5.56 Å². The highest BCUT2D eigenvalue weighted by Crippen LogP contribution is 2.25. The first kappa shape index (κ1) is 12.6. The molecule has 0 aliphatic rings. The standard InChI is InChI=1S/C12H10ClN5O2/c13-9-3-8(2-1-7(9)5-14)20-11-4-10-16-17-12(19)18(10)6-15-11/h1-4,6H,5,14H2,(H,17,19). The number of rotatable bonds is 3. The van der Waals surface area contributed by atoms with E-state index >= 15 is 0 Å². The number of hydrogen-bond donors (Lipinski definition) is 2. The first-order valence-corrected chi connectivity index (χ1v) is 6.14. The molecule has 1 aromatic carbocycles. The summed E-state index contributed by atoms with van der Waals surface area (Å²) in [5.41, 5.74) is 6.44. The maximum absolute atomic E-state index is 11.3. The van der Waals surface area contributed by atoms with Crippen molar-refractivity contribution in [3.05, 3.63) is 51.7 Å². The number of ether oxygens (including phenoxy) is 1. The summed E-state index contributed by atoms with van der Waals surface area (Å²) in [5.74, 6) is 0.843. The van der Waals surface area contributed by atoms with E-state index in [2.05, 4.69) is 15.2 Å². The second-order valence-electron chi connectivity index (χ2n) is 4.04. The predicted octanol–water partition coefficient (Wildman–Crippen LogP) is 1.32. The van der Waals surface area contributed by atoms with Crippen molar-refractivity contribution < 1.29 is 4.74 Å². The molecule has 2 heterocycles. The van der Waals surface area contributed by atoms with Gasteiger partial charge in [0.25, 0.3) is 0 Å². The van der Waals surface area contributed by atoms with Gasteiger partial charge in [-0.05, 0) is 17.7 Å². The molecular weight excluding hydrogens is 282 g/mol. The Morgan fingerprint density at radius 3 is 3.00 bits per heavy atom. The van der Waals surface area contributed by atoms with Crippen LogP contribution in [0.5, 0.6) is 11.6 Å². The Kier molecular flexibility index (Phi) is 3.13. The lowest BCUT2D eigenvalue weighted by molar-refractivity contribution is 0.461. The summed E-state index contributed by atoms with van der Waals surface area (Å²) >= 11 is 6.05. The van der Waals surface area contributed by atoms with Crippen LogP contribution in [-0.2, 0) is 6.54 Å². The highest BCUT2D eigenvalue weighted by Gasteiger charge is 2.06. The number of fused-ring (bicyclic) bond motifs is 1. The molecule has 3 rings (SSSR count). The van der Waals surface area contributed by atoms with Crippen molar-refractivity contribution in [3.8, 4) is 11.6 Å². The van der Waals surface area contributed by atoms with Crippen LogP contribution in [0.1, 0.15) is 5.56 Å². The van der Waals surface area contributed by atoms with Gasteiger partial charge in [-0.15, -0.1) is 0 Å². The summed E-state index contributed by atoms with van der Waals surface area (Å²) in [5, 5.41) is 6.68. The molecule has 7 nitrogen and oxygen atoms in total. The molecule has 3 N–H and O–H groups in total. The number of hydrogen-bond acceptors (Lipinski definition) is 5. The Morgan fingerprint density at radius 2 is 2.25 bits per heavy atom. The topological polar surface area (TPSA) is 98.3 Å². The van der Waals surface area contributed by atoms with Crippen LogP contribution in [0.15, 0.2) is 35.4 Å². The molecule has 2 aromatic heterocycles. The molecule has 0 bridgehead atoms. The van der Waals surface area contributed by atoms with Crippen molar-refractivity contribution in [3.63, 3.8) is 0 Å². The SMILES string of the molecule is NCc1ccc(Oc2cc3n[nH]c(=O)n3cn2)cc1Cl. The van der Waals surface area contributed by atoms with Crippen LogP contribution in [0.4, 0.5) is 0 Å². The summed E-state index contributed by atoms with van der Waals surface area (Å²) in [6.45, 7) is 0.361. The summed E-state index contributed by atoms with van der Waals surface area (Å²) in [4.78, 5) is 15.3. The van der Waals surface area contributed by atoms with Crippen molar-refractivity contribution in [1.29, 1.82) is 0 Å². The second kappa shape index (κ2) is 4.95. The fourth-order valence-corrected chi connectivity index (χ4v) is 1.97. The number of nitrogens with zero attached hydrogens (tertiary/aromatic N) is 3. The Morgan fingerprint density at radius 1 is 1.40 bits per heavy atom. The molecule has 0 aliphatic heterocycles.